The third kappa shape index (κ3) is 2.81. The molecule has 0 saturated carbocycles. The van der Waals surface area contributed by atoms with Crippen molar-refractivity contribution in [2.24, 2.45) is 0 Å². The second-order valence-electron chi connectivity index (χ2n) is 4.95. The van der Waals surface area contributed by atoms with Gasteiger partial charge in [-0.15, -0.1) is 12.4 Å². The molecule has 0 radical (unpaired) electrons. The molecule has 2 aromatic heterocycles. The van der Waals surface area contributed by atoms with E-state index in [0.29, 0.717) is 5.92 Å². The minimum atomic E-state index is 0. The van der Waals surface area contributed by atoms with Crippen molar-refractivity contribution >= 4 is 23.7 Å². The molecular weight excluding hydrogens is 278 g/mol. The first kappa shape index (κ1) is 14.4. The SMILES string of the molecule is CC(C)c1nc2c(c(-c3ccsc3)n1)CCNC2.Cl. The first-order valence-electron chi connectivity index (χ1n) is 6.38. The third-order valence-corrected chi connectivity index (χ3v) is 3.95. The molecule has 5 heteroatoms. The van der Waals surface area contributed by atoms with Crippen LogP contribution in [0.5, 0.6) is 0 Å². The van der Waals surface area contributed by atoms with Gasteiger partial charge in [0.1, 0.15) is 5.82 Å². The monoisotopic (exact) mass is 295 g/mol. The highest BCUT2D eigenvalue weighted by molar-refractivity contribution is 7.08. The molecule has 1 aliphatic heterocycles. The van der Waals surface area contributed by atoms with Crippen molar-refractivity contribution in [2.75, 3.05) is 6.54 Å². The summed E-state index contributed by atoms with van der Waals surface area (Å²) in [7, 11) is 0. The molecule has 0 bridgehead atoms. The number of thiophene rings is 1. The number of nitrogens with one attached hydrogen (secondary N) is 1. The lowest BCUT2D eigenvalue weighted by Crippen LogP contribution is -2.26. The minimum absolute atomic E-state index is 0. The Morgan fingerprint density at radius 2 is 2.16 bits per heavy atom. The van der Waals surface area contributed by atoms with Gasteiger partial charge in [0.15, 0.2) is 0 Å². The van der Waals surface area contributed by atoms with Gasteiger partial charge in [0.25, 0.3) is 0 Å². The van der Waals surface area contributed by atoms with Gasteiger partial charge < -0.3 is 5.32 Å². The Kier molecular flexibility index (Phi) is 4.55. The standard InChI is InChI=1S/C14H17N3S.ClH/c1-9(2)14-16-12-7-15-5-3-11(12)13(17-14)10-4-6-18-8-10;/h4,6,8-9,15H,3,5,7H2,1-2H3;1H. The number of hydrogen-bond acceptors (Lipinski definition) is 4. The third-order valence-electron chi connectivity index (χ3n) is 3.27. The summed E-state index contributed by atoms with van der Waals surface area (Å²) in [5, 5.41) is 7.68. The molecule has 0 aliphatic carbocycles. The van der Waals surface area contributed by atoms with Crippen LogP contribution in [0.3, 0.4) is 0 Å². The Bertz CT molecular complexity index is 552. The zero-order valence-electron chi connectivity index (χ0n) is 11.1. The summed E-state index contributed by atoms with van der Waals surface area (Å²) in [6, 6.07) is 2.15. The molecule has 3 nitrogen and oxygen atoms in total. The van der Waals surface area contributed by atoms with Gasteiger partial charge in [-0.2, -0.15) is 11.3 Å². The van der Waals surface area contributed by atoms with Gasteiger partial charge in [0, 0.05) is 29.0 Å². The molecule has 0 spiro atoms. The molecule has 1 aliphatic rings. The largest absolute Gasteiger partial charge is 0.311 e. The molecule has 0 fully saturated rings. The van der Waals surface area contributed by atoms with Crippen LogP contribution in [0.25, 0.3) is 11.3 Å². The fraction of sp³-hybridized carbons (Fsp3) is 0.429. The summed E-state index contributed by atoms with van der Waals surface area (Å²) in [6.07, 6.45) is 1.03. The topological polar surface area (TPSA) is 37.8 Å². The van der Waals surface area contributed by atoms with Gasteiger partial charge in [-0.3, -0.25) is 0 Å². The van der Waals surface area contributed by atoms with Crippen molar-refractivity contribution in [3.8, 4) is 11.3 Å². The summed E-state index contributed by atoms with van der Waals surface area (Å²) < 4.78 is 0. The zero-order valence-corrected chi connectivity index (χ0v) is 12.8. The van der Waals surface area contributed by atoms with E-state index in [1.165, 1.54) is 16.8 Å². The van der Waals surface area contributed by atoms with Crippen LogP contribution < -0.4 is 5.32 Å². The van der Waals surface area contributed by atoms with E-state index in [4.69, 9.17) is 9.97 Å². The van der Waals surface area contributed by atoms with Crippen LogP contribution in [-0.2, 0) is 13.0 Å². The van der Waals surface area contributed by atoms with E-state index in [2.05, 4.69) is 36.0 Å². The van der Waals surface area contributed by atoms with Crippen molar-refractivity contribution < 1.29 is 0 Å². The molecule has 0 unspecified atom stereocenters. The van der Waals surface area contributed by atoms with Crippen molar-refractivity contribution in [3.05, 3.63) is 33.9 Å². The molecular formula is C14H18ClN3S. The molecule has 102 valence electrons. The molecule has 1 N–H and O–H groups in total. The van der Waals surface area contributed by atoms with Gasteiger partial charge in [0.05, 0.1) is 11.4 Å². The van der Waals surface area contributed by atoms with E-state index < -0.39 is 0 Å². The van der Waals surface area contributed by atoms with Crippen molar-refractivity contribution in [3.63, 3.8) is 0 Å². The smallest absolute Gasteiger partial charge is 0.131 e. The summed E-state index contributed by atoms with van der Waals surface area (Å²) in [4.78, 5) is 9.51. The Labute approximate surface area is 123 Å². The van der Waals surface area contributed by atoms with E-state index in [-0.39, 0.29) is 12.4 Å². The molecule has 0 aromatic carbocycles. The van der Waals surface area contributed by atoms with Crippen molar-refractivity contribution in [1.82, 2.24) is 15.3 Å². The Balaban J connectivity index is 0.00000133. The number of aromatic nitrogens is 2. The van der Waals surface area contributed by atoms with Crippen LogP contribution in [0.2, 0.25) is 0 Å². The van der Waals surface area contributed by atoms with E-state index in [0.717, 1.165) is 31.0 Å². The number of rotatable bonds is 2. The Morgan fingerprint density at radius 3 is 2.84 bits per heavy atom. The van der Waals surface area contributed by atoms with Crippen LogP contribution in [0, 0.1) is 0 Å². The van der Waals surface area contributed by atoms with E-state index in [1.807, 2.05) is 0 Å². The molecule has 2 aromatic rings. The van der Waals surface area contributed by atoms with Gasteiger partial charge in [-0.25, -0.2) is 9.97 Å². The lowest BCUT2D eigenvalue weighted by Gasteiger charge is -2.20. The quantitative estimate of drug-likeness (QED) is 0.923. The Hall–Kier alpha value is -0.970. The van der Waals surface area contributed by atoms with Gasteiger partial charge in [-0.05, 0) is 24.4 Å². The fourth-order valence-electron chi connectivity index (χ4n) is 2.27. The highest BCUT2D eigenvalue weighted by atomic mass is 35.5. The maximum Gasteiger partial charge on any atom is 0.131 e. The van der Waals surface area contributed by atoms with Crippen molar-refractivity contribution in [2.45, 2.75) is 32.7 Å². The number of halogens is 1. The molecule has 0 atom stereocenters. The predicted octanol–water partition coefficient (Wildman–Crippen LogP) is 3.40. The number of nitrogens with zero attached hydrogens (tertiary/aromatic N) is 2. The average Bonchev–Trinajstić information content (AvgIpc) is 2.91. The minimum Gasteiger partial charge on any atom is -0.311 e. The fourth-order valence-corrected chi connectivity index (χ4v) is 2.92. The zero-order chi connectivity index (χ0) is 12.5. The summed E-state index contributed by atoms with van der Waals surface area (Å²) in [5.41, 5.74) is 4.90. The number of hydrogen-bond donors (Lipinski definition) is 1. The van der Waals surface area contributed by atoms with Crippen LogP contribution in [0.4, 0.5) is 0 Å². The van der Waals surface area contributed by atoms with E-state index >= 15 is 0 Å². The second-order valence-corrected chi connectivity index (χ2v) is 5.73. The highest BCUT2D eigenvalue weighted by Crippen LogP contribution is 2.28. The summed E-state index contributed by atoms with van der Waals surface area (Å²) >= 11 is 1.72. The second kappa shape index (κ2) is 5.99. The van der Waals surface area contributed by atoms with Crippen molar-refractivity contribution in [1.29, 1.82) is 0 Å². The van der Waals surface area contributed by atoms with Crippen LogP contribution in [-0.4, -0.2) is 16.5 Å². The first-order valence-corrected chi connectivity index (χ1v) is 7.33. The summed E-state index contributed by atoms with van der Waals surface area (Å²) in [5.74, 6) is 1.33. The van der Waals surface area contributed by atoms with E-state index in [9.17, 15) is 0 Å². The maximum absolute atomic E-state index is 4.80. The first-order chi connectivity index (χ1) is 8.75. The van der Waals surface area contributed by atoms with Gasteiger partial charge in [0.2, 0.25) is 0 Å². The predicted molar refractivity (Wildman–Crippen MR) is 82.1 cm³/mol. The molecule has 19 heavy (non-hydrogen) atoms. The molecule has 0 saturated heterocycles. The highest BCUT2D eigenvalue weighted by Gasteiger charge is 2.19. The molecule has 3 heterocycles. The molecule has 3 rings (SSSR count). The normalized spacial score (nSPS) is 14.1. The van der Waals surface area contributed by atoms with Gasteiger partial charge >= 0.3 is 0 Å². The molecule has 0 amide bonds. The van der Waals surface area contributed by atoms with Gasteiger partial charge in [-0.1, -0.05) is 13.8 Å². The Morgan fingerprint density at radius 1 is 1.32 bits per heavy atom. The summed E-state index contributed by atoms with van der Waals surface area (Å²) in [6.45, 7) is 6.19. The average molecular weight is 296 g/mol. The lowest BCUT2D eigenvalue weighted by molar-refractivity contribution is 0.612. The number of fused-ring (bicyclic) bond motifs is 1. The maximum atomic E-state index is 4.80. The lowest BCUT2D eigenvalue weighted by atomic mass is 10.00. The van der Waals surface area contributed by atoms with Crippen LogP contribution in [0.15, 0.2) is 16.8 Å². The van der Waals surface area contributed by atoms with E-state index in [1.54, 1.807) is 11.3 Å². The van der Waals surface area contributed by atoms with Crippen LogP contribution >= 0.6 is 23.7 Å². The van der Waals surface area contributed by atoms with Crippen LogP contribution in [0.1, 0.15) is 36.8 Å².